The molecule has 3 heterocycles. The minimum absolute atomic E-state index is 0.0209. The van der Waals surface area contributed by atoms with Gasteiger partial charge in [-0.1, -0.05) is 74.3 Å². The van der Waals surface area contributed by atoms with Gasteiger partial charge in [0.2, 0.25) is 20.3 Å². The molecule has 372 valence electrons. The van der Waals surface area contributed by atoms with E-state index in [9.17, 15) is 19.4 Å². The lowest BCUT2D eigenvalue weighted by molar-refractivity contribution is -0.145. The first kappa shape index (κ1) is 52.7. The monoisotopic (exact) mass is 1040 g/mol. The van der Waals surface area contributed by atoms with Gasteiger partial charge < -0.3 is 38.3 Å². The Balaban J connectivity index is 1.31. The van der Waals surface area contributed by atoms with E-state index in [0.717, 1.165) is 0 Å². The van der Waals surface area contributed by atoms with Gasteiger partial charge in [-0.25, -0.2) is 29.1 Å². The number of hydrogen-bond acceptors (Lipinski definition) is 13. The molecule has 0 bridgehead atoms. The molecule has 2 unspecified atom stereocenters. The highest BCUT2D eigenvalue weighted by molar-refractivity contribution is 7.22. The molecule has 0 saturated carbocycles. The molecule has 0 fully saturated rings. The third-order valence-electron chi connectivity index (χ3n) is 12.2. The fourth-order valence-corrected chi connectivity index (χ4v) is 10.2. The summed E-state index contributed by atoms with van der Waals surface area (Å²) in [6.45, 7) is 17.8. The second kappa shape index (κ2) is 22.5. The summed E-state index contributed by atoms with van der Waals surface area (Å²) >= 11 is 15.5. The molecular formula is C53H55Cl2FN4O9SSi. The number of halogens is 3. The molecular weight excluding hydrogens is 987 g/mol. The summed E-state index contributed by atoms with van der Waals surface area (Å²) < 4.78 is 51.4. The van der Waals surface area contributed by atoms with Crippen LogP contribution in [0.5, 0.6) is 28.9 Å². The zero-order valence-corrected chi connectivity index (χ0v) is 44.0. The summed E-state index contributed by atoms with van der Waals surface area (Å²) in [6, 6.07) is 20.5. The normalized spacial score (nSPS) is 12.6. The molecule has 0 amide bonds. The summed E-state index contributed by atoms with van der Waals surface area (Å²) in [6.07, 6.45) is 2.01. The fraction of sp³-hybridized carbons (Fsp3) is 0.302. The molecule has 0 saturated heterocycles. The number of nitrogens with zero attached hydrogens (tertiary/aromatic N) is 4. The summed E-state index contributed by atoms with van der Waals surface area (Å²) in [5.74, 6) is 0.408. The summed E-state index contributed by atoms with van der Waals surface area (Å²) in [4.78, 5) is 33.0. The second-order valence-corrected chi connectivity index (χ2v) is 24.6. The standard InChI is InChI=1S/C53H55Cl2FN4O9SSi/c1-10-23-65-28-37(26-61)67-47-45(54)30(2)42(31(3)46(47)55)43-44-50(58-29-59-51(44)70-48(43)32-15-17-34(56)18-16-32)68-41(52(62)63)25-33-24-36(69-71(8,9)53(4,5)6)19-20-39(33)66-27-35-21-22-57-49(60-35)38-13-11-12-14-40(38)64-7/h10-22,24,29,37,41,61H,1,23,25-28H2,2-9H3,(H,62,63). The smallest absolute Gasteiger partial charge is 0.345 e. The largest absolute Gasteiger partial charge is 0.543 e. The zero-order valence-electron chi connectivity index (χ0n) is 40.6. The molecule has 0 aliphatic heterocycles. The van der Waals surface area contributed by atoms with Gasteiger partial charge in [-0.3, -0.25) is 0 Å². The summed E-state index contributed by atoms with van der Waals surface area (Å²) in [5.41, 5.74) is 4.59. The fourth-order valence-electron chi connectivity index (χ4n) is 7.50. The van der Waals surface area contributed by atoms with Crippen molar-refractivity contribution in [2.45, 2.75) is 78.0 Å². The number of aromatic nitrogens is 4. The van der Waals surface area contributed by atoms with Gasteiger partial charge in [-0.2, -0.15) is 0 Å². The third kappa shape index (κ3) is 11.8. The minimum atomic E-state index is -2.36. The van der Waals surface area contributed by atoms with Crippen LogP contribution in [0.3, 0.4) is 0 Å². The maximum absolute atomic E-state index is 14.4. The van der Waals surface area contributed by atoms with Gasteiger partial charge in [0.1, 0.15) is 46.9 Å². The van der Waals surface area contributed by atoms with Crippen molar-refractivity contribution in [2.24, 2.45) is 0 Å². The Bertz CT molecular complexity index is 3030. The summed E-state index contributed by atoms with van der Waals surface area (Å²) in [5, 5.41) is 21.7. The van der Waals surface area contributed by atoms with Crippen molar-refractivity contribution in [1.82, 2.24) is 19.9 Å². The number of carboxylic acid groups (broad SMARTS) is 1. The molecule has 18 heteroatoms. The van der Waals surface area contributed by atoms with Crippen LogP contribution in [0.4, 0.5) is 4.39 Å². The van der Waals surface area contributed by atoms with E-state index in [0.29, 0.717) is 82.8 Å². The molecule has 13 nitrogen and oxygen atoms in total. The average Bonchev–Trinajstić information content (AvgIpc) is 3.73. The van der Waals surface area contributed by atoms with Gasteiger partial charge in [-0.05, 0) is 103 Å². The first-order chi connectivity index (χ1) is 33.8. The Morgan fingerprint density at radius 3 is 2.32 bits per heavy atom. The molecule has 71 heavy (non-hydrogen) atoms. The van der Waals surface area contributed by atoms with Crippen molar-refractivity contribution in [1.29, 1.82) is 0 Å². The number of carbonyl (C=O) groups is 1. The number of fused-ring (bicyclic) bond motifs is 1. The predicted molar refractivity (Wildman–Crippen MR) is 279 cm³/mol. The van der Waals surface area contributed by atoms with Gasteiger partial charge in [0.25, 0.3) is 0 Å². The van der Waals surface area contributed by atoms with Gasteiger partial charge in [0, 0.05) is 28.6 Å². The lowest BCUT2D eigenvalue weighted by Crippen LogP contribution is -2.43. The van der Waals surface area contributed by atoms with Gasteiger partial charge >= 0.3 is 5.97 Å². The molecule has 4 aromatic carbocycles. The van der Waals surface area contributed by atoms with E-state index in [1.165, 1.54) is 29.8 Å². The molecule has 0 spiro atoms. The SMILES string of the molecule is C=CCOCC(CO)Oc1c(Cl)c(C)c(-c2c(-c3ccc(F)cc3)sc3ncnc(OC(Cc4cc(O[Si](C)(C)C(C)(C)C)ccc4OCc4ccnc(-c5ccccc5OC)n4)C(=O)O)c23)c(C)c1Cl. The van der Waals surface area contributed by atoms with Gasteiger partial charge in [-0.15, -0.1) is 17.9 Å². The van der Waals surface area contributed by atoms with E-state index in [1.807, 2.05) is 30.3 Å². The highest BCUT2D eigenvalue weighted by atomic mass is 35.5. The molecule has 7 rings (SSSR count). The number of aliphatic carboxylic acids is 1. The van der Waals surface area contributed by atoms with Crippen molar-refractivity contribution in [2.75, 3.05) is 26.9 Å². The second-order valence-electron chi connectivity index (χ2n) is 18.1. The maximum atomic E-state index is 14.4. The van der Waals surface area contributed by atoms with Crippen LogP contribution in [0.1, 0.15) is 43.2 Å². The number of thiophene rings is 1. The third-order valence-corrected chi connectivity index (χ3v) is 18.6. The first-order valence-corrected chi connectivity index (χ1v) is 27.1. The summed E-state index contributed by atoms with van der Waals surface area (Å²) in [7, 11) is -0.778. The highest BCUT2D eigenvalue weighted by Crippen LogP contribution is 2.53. The maximum Gasteiger partial charge on any atom is 0.345 e. The average molecular weight is 1040 g/mol. The van der Waals surface area contributed by atoms with Crippen LogP contribution in [-0.2, 0) is 22.6 Å². The Morgan fingerprint density at radius 1 is 0.944 bits per heavy atom. The predicted octanol–water partition coefficient (Wildman–Crippen LogP) is 12.5. The van der Waals surface area contributed by atoms with Crippen molar-refractivity contribution >= 4 is 59.0 Å². The van der Waals surface area contributed by atoms with Crippen LogP contribution < -0.4 is 23.4 Å². The van der Waals surface area contributed by atoms with Crippen LogP contribution in [0.15, 0.2) is 98.0 Å². The number of para-hydroxylation sites is 1. The van der Waals surface area contributed by atoms with E-state index in [4.69, 9.17) is 56.3 Å². The Morgan fingerprint density at radius 2 is 1.66 bits per heavy atom. The lowest BCUT2D eigenvalue weighted by Gasteiger charge is -2.36. The zero-order chi connectivity index (χ0) is 51.2. The number of methoxy groups -OCH3 is 1. The topological polar surface area (TPSA) is 164 Å². The highest BCUT2D eigenvalue weighted by Gasteiger charge is 2.39. The molecule has 0 aliphatic rings. The number of aliphatic hydroxyl groups is 1. The number of ether oxygens (including phenoxy) is 5. The van der Waals surface area contributed by atoms with Crippen LogP contribution >= 0.6 is 34.5 Å². The quantitative estimate of drug-likeness (QED) is 0.0397. The Hall–Kier alpha value is -6.14. The number of hydrogen-bond donors (Lipinski definition) is 2. The first-order valence-electron chi connectivity index (χ1n) is 22.6. The van der Waals surface area contributed by atoms with E-state index in [1.54, 1.807) is 63.6 Å². The van der Waals surface area contributed by atoms with Crippen LogP contribution in [0, 0.1) is 19.7 Å². The lowest BCUT2D eigenvalue weighted by atomic mass is 9.92. The van der Waals surface area contributed by atoms with E-state index in [-0.39, 0.29) is 59.6 Å². The molecule has 0 radical (unpaired) electrons. The van der Waals surface area contributed by atoms with Gasteiger partial charge in [0.15, 0.2) is 11.6 Å². The van der Waals surface area contributed by atoms with Crippen molar-refractivity contribution < 1.29 is 47.5 Å². The number of aliphatic hydroxyl groups excluding tert-OH is 1. The molecule has 3 aromatic heterocycles. The van der Waals surface area contributed by atoms with Crippen LogP contribution in [-0.4, -0.2) is 83.6 Å². The van der Waals surface area contributed by atoms with Crippen LogP contribution in [0.25, 0.3) is 43.2 Å². The van der Waals surface area contributed by atoms with Gasteiger partial charge in [0.05, 0.1) is 53.6 Å². The van der Waals surface area contributed by atoms with E-state index < -0.39 is 32.3 Å². The number of carboxylic acids is 1. The molecule has 2 N–H and O–H groups in total. The molecule has 7 aromatic rings. The van der Waals surface area contributed by atoms with E-state index >= 15 is 0 Å². The number of benzene rings is 4. The van der Waals surface area contributed by atoms with Crippen molar-refractivity contribution in [3.8, 4) is 61.8 Å². The van der Waals surface area contributed by atoms with E-state index in [2.05, 4.69) is 55.4 Å². The van der Waals surface area contributed by atoms with Crippen molar-refractivity contribution in [3.63, 3.8) is 0 Å². The minimum Gasteiger partial charge on any atom is -0.543 e. The Labute approximate surface area is 427 Å². The number of rotatable bonds is 21. The molecule has 2 atom stereocenters. The van der Waals surface area contributed by atoms with Crippen LogP contribution in [0.2, 0.25) is 28.2 Å². The molecule has 0 aliphatic carbocycles. The Kier molecular flexibility index (Phi) is 16.7. The van der Waals surface area contributed by atoms with Crippen molar-refractivity contribution in [3.05, 3.63) is 136 Å².